The van der Waals surface area contributed by atoms with E-state index in [2.05, 4.69) is 4.99 Å². The van der Waals surface area contributed by atoms with Crippen molar-refractivity contribution in [2.24, 2.45) is 22.2 Å². The Kier molecular flexibility index (Phi) is 9.15. The Bertz CT molecular complexity index is 827. The summed E-state index contributed by atoms with van der Waals surface area (Å²) in [6.45, 7) is 0.598. The van der Waals surface area contributed by atoms with E-state index in [4.69, 9.17) is 17.2 Å². The number of carbonyl (C=O) groups is 3. The maximum atomic E-state index is 13.3. The van der Waals surface area contributed by atoms with Crippen LogP contribution in [0.25, 0.3) is 0 Å². The third kappa shape index (κ3) is 6.04. The van der Waals surface area contributed by atoms with Gasteiger partial charge in [0.2, 0.25) is 0 Å². The van der Waals surface area contributed by atoms with E-state index in [1.165, 1.54) is 4.90 Å². The predicted molar refractivity (Wildman–Crippen MR) is 120 cm³/mol. The van der Waals surface area contributed by atoms with E-state index < -0.39 is 35.3 Å². The number of benzene rings is 1. The summed E-state index contributed by atoms with van der Waals surface area (Å²) in [4.78, 5) is 43.0. The number of carbonyl (C=O) groups excluding carboxylic acids is 1. The van der Waals surface area contributed by atoms with Crippen molar-refractivity contribution in [3.63, 3.8) is 0 Å². The highest BCUT2D eigenvalue weighted by Crippen LogP contribution is 2.35. The molecule has 1 aromatic rings. The number of aliphatic imine (C=N–C) groups is 1. The van der Waals surface area contributed by atoms with Crippen molar-refractivity contribution in [2.75, 3.05) is 13.1 Å². The van der Waals surface area contributed by atoms with Crippen LogP contribution in [0.1, 0.15) is 44.1 Å². The summed E-state index contributed by atoms with van der Waals surface area (Å²) in [6.07, 6.45) is 2.49. The van der Waals surface area contributed by atoms with Gasteiger partial charge in [0.05, 0.1) is 6.04 Å². The zero-order valence-electron chi connectivity index (χ0n) is 18.2. The molecular weight excluding hydrogens is 414 g/mol. The largest absolute Gasteiger partial charge is 0.480 e. The first-order chi connectivity index (χ1) is 15.2. The van der Waals surface area contributed by atoms with Crippen LogP contribution in [0.2, 0.25) is 0 Å². The SMILES string of the molecule is NC(N)=NCCCC[C@H](N)C(=O)[C@@]1(C(=O)O)CCCN1C(CCc1ccccc1)C(=O)O. The Morgan fingerprint density at radius 1 is 1.09 bits per heavy atom. The third-order valence-corrected chi connectivity index (χ3v) is 5.95. The van der Waals surface area contributed by atoms with Gasteiger partial charge in [0.1, 0.15) is 6.04 Å². The summed E-state index contributed by atoms with van der Waals surface area (Å²) in [5.41, 5.74) is 15.7. The van der Waals surface area contributed by atoms with E-state index in [1.54, 1.807) is 0 Å². The highest BCUT2D eigenvalue weighted by molar-refractivity contribution is 6.10. The highest BCUT2D eigenvalue weighted by Gasteiger charge is 2.57. The van der Waals surface area contributed by atoms with Crippen molar-refractivity contribution in [1.82, 2.24) is 4.90 Å². The number of likely N-dealkylation sites (tertiary alicyclic amines) is 1. The Hall–Kier alpha value is -2.98. The number of guanidine groups is 1. The number of Topliss-reactive ketones (excluding diaryl/α,β-unsaturated/α-hetero) is 1. The van der Waals surface area contributed by atoms with Crippen LogP contribution in [0.3, 0.4) is 0 Å². The predicted octanol–water partition coefficient (Wildman–Crippen LogP) is 0.332. The molecule has 0 bridgehead atoms. The van der Waals surface area contributed by atoms with Gasteiger partial charge >= 0.3 is 11.9 Å². The average Bonchev–Trinajstić information content (AvgIpc) is 3.19. The first-order valence-electron chi connectivity index (χ1n) is 10.8. The molecule has 1 unspecified atom stereocenters. The third-order valence-electron chi connectivity index (χ3n) is 5.95. The van der Waals surface area contributed by atoms with Gasteiger partial charge in [-0.1, -0.05) is 30.3 Å². The van der Waals surface area contributed by atoms with E-state index in [0.29, 0.717) is 32.2 Å². The number of hydrogen-bond acceptors (Lipinski definition) is 6. The molecule has 1 aliphatic heterocycles. The second kappa shape index (κ2) is 11.6. The molecule has 176 valence electrons. The summed E-state index contributed by atoms with van der Waals surface area (Å²) in [5.74, 6) is -3.16. The molecular formula is C22H33N5O5. The first-order valence-corrected chi connectivity index (χ1v) is 10.8. The second-order valence-corrected chi connectivity index (χ2v) is 8.11. The molecule has 0 aliphatic carbocycles. The van der Waals surface area contributed by atoms with Crippen LogP contribution in [0.15, 0.2) is 35.3 Å². The van der Waals surface area contributed by atoms with Crippen molar-refractivity contribution < 1.29 is 24.6 Å². The standard InChI is InChI=1S/C22H33N5O5/c23-16(9-4-5-13-26-21(24)25)18(28)22(20(31)32)12-6-14-27(22)17(19(29)30)11-10-15-7-2-1-3-8-15/h1-3,7-8,16-17H,4-6,9-14,23H2,(H,29,30)(H,31,32)(H4,24,25,26)/t16-,17?,22+/m0/s1. The van der Waals surface area contributed by atoms with Crippen molar-refractivity contribution in [3.8, 4) is 0 Å². The molecule has 0 aromatic heterocycles. The van der Waals surface area contributed by atoms with Gasteiger partial charge in [0.25, 0.3) is 0 Å². The summed E-state index contributed by atoms with van der Waals surface area (Å²) in [7, 11) is 0. The molecule has 1 aromatic carbocycles. The summed E-state index contributed by atoms with van der Waals surface area (Å²) < 4.78 is 0. The molecule has 0 radical (unpaired) electrons. The Morgan fingerprint density at radius 3 is 2.38 bits per heavy atom. The van der Waals surface area contributed by atoms with Crippen LogP contribution in [-0.2, 0) is 20.8 Å². The molecule has 32 heavy (non-hydrogen) atoms. The van der Waals surface area contributed by atoms with Gasteiger partial charge in [-0.05, 0) is 50.5 Å². The zero-order chi connectivity index (χ0) is 23.7. The van der Waals surface area contributed by atoms with Crippen LogP contribution in [0.4, 0.5) is 0 Å². The molecule has 10 heteroatoms. The fourth-order valence-electron chi connectivity index (χ4n) is 4.34. The fourth-order valence-corrected chi connectivity index (χ4v) is 4.34. The normalized spacial score (nSPS) is 20.4. The number of unbranched alkanes of at least 4 members (excludes halogenated alkanes) is 1. The molecule has 1 fully saturated rings. The van der Waals surface area contributed by atoms with Crippen molar-refractivity contribution in [2.45, 2.75) is 62.6 Å². The number of nitrogens with zero attached hydrogens (tertiary/aromatic N) is 2. The van der Waals surface area contributed by atoms with E-state index in [0.717, 1.165) is 5.56 Å². The number of rotatable bonds is 13. The molecule has 2 rings (SSSR count). The lowest BCUT2D eigenvalue weighted by molar-refractivity contribution is -0.161. The second-order valence-electron chi connectivity index (χ2n) is 8.11. The number of nitrogens with two attached hydrogens (primary N) is 3. The number of ketones is 1. The van der Waals surface area contributed by atoms with E-state index in [9.17, 15) is 24.6 Å². The molecule has 10 nitrogen and oxygen atoms in total. The molecule has 0 saturated carbocycles. The van der Waals surface area contributed by atoms with Crippen LogP contribution in [0.5, 0.6) is 0 Å². The molecule has 3 atom stereocenters. The van der Waals surface area contributed by atoms with Crippen LogP contribution in [-0.4, -0.2) is 69.5 Å². The zero-order valence-corrected chi connectivity index (χ0v) is 18.2. The van der Waals surface area contributed by atoms with Crippen LogP contribution >= 0.6 is 0 Å². The lowest BCUT2D eigenvalue weighted by Crippen LogP contribution is -2.64. The Morgan fingerprint density at radius 2 is 1.78 bits per heavy atom. The smallest absolute Gasteiger partial charge is 0.332 e. The number of carboxylic acid groups (broad SMARTS) is 2. The quantitative estimate of drug-likeness (QED) is 0.123. The van der Waals surface area contributed by atoms with Gasteiger partial charge in [-0.25, -0.2) is 4.79 Å². The molecule has 1 saturated heterocycles. The highest BCUT2D eigenvalue weighted by atomic mass is 16.4. The summed E-state index contributed by atoms with van der Waals surface area (Å²) >= 11 is 0. The van der Waals surface area contributed by atoms with Crippen molar-refractivity contribution in [3.05, 3.63) is 35.9 Å². The molecule has 1 aliphatic rings. The summed E-state index contributed by atoms with van der Waals surface area (Å²) in [5, 5.41) is 20.0. The lowest BCUT2D eigenvalue weighted by Gasteiger charge is -2.38. The number of aliphatic carboxylic acids is 2. The molecule has 8 N–H and O–H groups in total. The van der Waals surface area contributed by atoms with Gasteiger partial charge in [0.15, 0.2) is 17.3 Å². The molecule has 0 amide bonds. The van der Waals surface area contributed by atoms with Crippen molar-refractivity contribution in [1.29, 1.82) is 0 Å². The van der Waals surface area contributed by atoms with Gasteiger partial charge in [-0.15, -0.1) is 0 Å². The van der Waals surface area contributed by atoms with E-state index >= 15 is 0 Å². The number of aryl methyl sites for hydroxylation is 1. The van der Waals surface area contributed by atoms with Crippen molar-refractivity contribution >= 4 is 23.7 Å². The average molecular weight is 448 g/mol. The first kappa shape index (κ1) is 25.3. The van der Waals surface area contributed by atoms with Gasteiger partial charge in [-0.2, -0.15) is 0 Å². The Balaban J connectivity index is 2.15. The molecule has 0 spiro atoms. The van der Waals surface area contributed by atoms with Crippen LogP contribution in [0, 0.1) is 0 Å². The summed E-state index contributed by atoms with van der Waals surface area (Å²) in [6, 6.07) is 7.23. The minimum absolute atomic E-state index is 0.0213. The lowest BCUT2D eigenvalue weighted by atomic mass is 9.84. The maximum absolute atomic E-state index is 13.3. The van der Waals surface area contributed by atoms with Gasteiger partial charge in [-0.3, -0.25) is 19.5 Å². The molecule has 1 heterocycles. The minimum Gasteiger partial charge on any atom is -0.480 e. The van der Waals surface area contributed by atoms with Gasteiger partial charge in [0, 0.05) is 13.1 Å². The monoisotopic (exact) mass is 447 g/mol. The van der Waals surface area contributed by atoms with E-state index in [-0.39, 0.29) is 31.8 Å². The number of hydrogen-bond donors (Lipinski definition) is 5. The minimum atomic E-state index is -1.93. The fraction of sp³-hybridized carbons (Fsp3) is 0.545. The Labute approximate surface area is 187 Å². The van der Waals surface area contributed by atoms with Crippen LogP contribution < -0.4 is 17.2 Å². The number of carboxylic acids is 2. The maximum Gasteiger partial charge on any atom is 0.332 e. The topological polar surface area (TPSA) is 185 Å². The van der Waals surface area contributed by atoms with Gasteiger partial charge < -0.3 is 27.4 Å². The van der Waals surface area contributed by atoms with E-state index in [1.807, 2.05) is 30.3 Å².